The van der Waals surface area contributed by atoms with Crippen LogP contribution in [0.1, 0.15) is 47.0 Å². The molecule has 0 radical (unpaired) electrons. The summed E-state index contributed by atoms with van der Waals surface area (Å²) in [6, 6.07) is 18.8. The van der Waals surface area contributed by atoms with E-state index in [1.54, 1.807) is 40.1 Å². The summed E-state index contributed by atoms with van der Waals surface area (Å²) in [5, 5.41) is 22.1. The predicted molar refractivity (Wildman–Crippen MR) is 209 cm³/mol. The third-order valence-corrected chi connectivity index (χ3v) is 8.89. The molecule has 6 aromatic heterocycles. The molecule has 8 rings (SSSR count). The fraction of sp³-hybridized carbons (Fsp3) is 0.135. The van der Waals surface area contributed by atoms with Crippen molar-refractivity contribution in [3.05, 3.63) is 128 Å². The average Bonchev–Trinajstić information content (AvgIpc) is 3.68. The molecule has 0 saturated carbocycles. The molecular formula is C37H30Cl4N8O4. The maximum absolute atomic E-state index is 12.1. The minimum atomic E-state index is -1.15. The van der Waals surface area contributed by atoms with Crippen LogP contribution in [0.3, 0.4) is 0 Å². The molecule has 8 aromatic rings. The van der Waals surface area contributed by atoms with Gasteiger partial charge in [-0.05, 0) is 59.7 Å². The van der Waals surface area contributed by atoms with Crippen LogP contribution in [0.4, 0.5) is 0 Å². The van der Waals surface area contributed by atoms with Crippen LogP contribution in [-0.4, -0.2) is 63.7 Å². The summed E-state index contributed by atoms with van der Waals surface area (Å²) in [7, 11) is 1.30. The first-order valence-electron chi connectivity index (χ1n) is 15.0. The molecule has 0 saturated heterocycles. The Kier molecular flexibility index (Phi) is 11.8. The van der Waals surface area contributed by atoms with Gasteiger partial charge in [0.05, 0.1) is 63.1 Å². The van der Waals surface area contributed by atoms with E-state index in [4.69, 9.17) is 51.1 Å². The summed E-state index contributed by atoms with van der Waals surface area (Å²) in [4.78, 5) is 40.0. The van der Waals surface area contributed by atoms with Crippen LogP contribution in [0.25, 0.3) is 43.6 Å². The molecule has 12 nitrogen and oxygen atoms in total. The number of aromatic nitrogens is 8. The lowest BCUT2D eigenvalue weighted by Gasteiger charge is -2.06. The Morgan fingerprint density at radius 1 is 0.660 bits per heavy atom. The van der Waals surface area contributed by atoms with Crippen molar-refractivity contribution >= 4 is 102 Å². The largest absolute Gasteiger partial charge is 0.476 e. The molecule has 0 aliphatic carbocycles. The number of carboxylic acid groups (broad SMARTS) is 1. The molecule has 0 aliphatic heterocycles. The van der Waals surface area contributed by atoms with E-state index in [1.165, 1.54) is 13.3 Å². The molecule has 53 heavy (non-hydrogen) atoms. The molecular weight excluding hydrogens is 762 g/mol. The number of pyridine rings is 4. The van der Waals surface area contributed by atoms with Gasteiger partial charge in [-0.3, -0.25) is 19.3 Å². The molecule has 0 unspecified atom stereocenters. The molecule has 0 amide bonds. The Morgan fingerprint density at radius 3 is 1.57 bits per heavy atom. The van der Waals surface area contributed by atoms with E-state index in [0.29, 0.717) is 44.9 Å². The van der Waals surface area contributed by atoms with Crippen molar-refractivity contribution in [2.45, 2.75) is 27.9 Å². The molecule has 0 spiro atoms. The first kappa shape index (κ1) is 38.8. The van der Waals surface area contributed by atoms with Crippen molar-refractivity contribution < 1.29 is 19.4 Å². The number of nitrogens with zero attached hydrogens (tertiary/aromatic N) is 8. The van der Waals surface area contributed by atoms with E-state index in [-0.39, 0.29) is 36.5 Å². The predicted octanol–water partition coefficient (Wildman–Crippen LogP) is 9.43. The Hall–Kier alpha value is -5.40. The second kappa shape index (κ2) is 16.1. The zero-order chi connectivity index (χ0) is 35.8. The lowest BCUT2D eigenvalue weighted by atomic mass is 10.1. The summed E-state index contributed by atoms with van der Waals surface area (Å²) in [5.41, 5.74) is 4.95. The highest BCUT2D eigenvalue weighted by Gasteiger charge is 2.22. The lowest BCUT2D eigenvalue weighted by molar-refractivity contribution is 0.0594. The van der Waals surface area contributed by atoms with E-state index in [2.05, 4.69) is 30.1 Å². The zero-order valence-corrected chi connectivity index (χ0v) is 29.3. The van der Waals surface area contributed by atoms with Gasteiger partial charge in [-0.15, -0.1) is 0 Å². The number of carbonyl (C=O) groups excluding carboxylic acids is 1. The summed E-state index contributed by atoms with van der Waals surface area (Å²) in [5.74, 6) is -1.70. The minimum absolute atomic E-state index is 0. The van der Waals surface area contributed by atoms with Crippen molar-refractivity contribution in [3.8, 4) is 0 Å². The molecule has 16 heteroatoms. The highest BCUT2D eigenvalue weighted by molar-refractivity contribution is 6.36. The quantitative estimate of drug-likeness (QED) is 0.127. The van der Waals surface area contributed by atoms with Crippen LogP contribution in [0.15, 0.2) is 85.5 Å². The zero-order valence-electron chi connectivity index (χ0n) is 26.3. The molecule has 6 heterocycles. The maximum atomic E-state index is 12.1. The number of ether oxygens (including phenoxy) is 1. The van der Waals surface area contributed by atoms with Crippen molar-refractivity contribution in [1.29, 1.82) is 0 Å². The van der Waals surface area contributed by atoms with Gasteiger partial charge in [0.2, 0.25) is 0 Å². The second-order valence-electron chi connectivity index (χ2n) is 11.2. The Bertz CT molecular complexity index is 2660. The van der Waals surface area contributed by atoms with Gasteiger partial charge < -0.3 is 9.84 Å². The summed E-state index contributed by atoms with van der Waals surface area (Å²) in [6.45, 7) is 0.822. The summed E-state index contributed by atoms with van der Waals surface area (Å²) < 4.78 is 8.11. The highest BCUT2D eigenvalue weighted by Crippen LogP contribution is 2.28. The summed E-state index contributed by atoms with van der Waals surface area (Å²) >= 11 is 24.3. The normalized spacial score (nSPS) is 10.8. The standard InChI is InChI=1S/C18H12Cl2N4O2.C17H10Cl2N4O2.2CH4/c1-26-18(25)16-15-14(4-5-21-17(15)20)24(23-16)9-10-2-3-13-11(6-10)7-12(19)8-22-13;18-11-6-10-5-9(1-2-12(10)21-7-11)8-23-13-3-4-20-16(19)14(13)15(22-23)17(24)25;;/h2-8H,9H2,1H3;1-7H,8H2,(H,24,25);2*1H4. The molecule has 270 valence electrons. The minimum Gasteiger partial charge on any atom is -0.476 e. The van der Waals surface area contributed by atoms with Crippen molar-refractivity contribution in [2.75, 3.05) is 7.11 Å². The van der Waals surface area contributed by atoms with Gasteiger partial charge in [-0.25, -0.2) is 19.6 Å². The number of fused-ring (bicyclic) bond motifs is 4. The Labute approximate surface area is 322 Å². The van der Waals surface area contributed by atoms with Gasteiger partial charge in [-0.1, -0.05) is 73.4 Å². The molecule has 1 N–H and O–H groups in total. The van der Waals surface area contributed by atoms with Crippen LogP contribution >= 0.6 is 46.4 Å². The topological polar surface area (TPSA) is 151 Å². The van der Waals surface area contributed by atoms with Gasteiger partial charge in [0.15, 0.2) is 11.4 Å². The SMILES string of the molecule is C.C.COC(=O)c1nn(Cc2ccc3ncc(Cl)cc3c2)c2ccnc(Cl)c12.O=C(O)c1nn(Cc2ccc3ncc(Cl)cc3c2)c2ccnc(Cl)c12. The van der Waals surface area contributed by atoms with Crippen LogP contribution in [0, 0.1) is 0 Å². The number of rotatable bonds is 6. The van der Waals surface area contributed by atoms with Gasteiger partial charge in [0.25, 0.3) is 0 Å². The van der Waals surface area contributed by atoms with Crippen LogP contribution in [0.5, 0.6) is 0 Å². The van der Waals surface area contributed by atoms with E-state index in [9.17, 15) is 14.7 Å². The molecule has 0 aliphatic rings. The number of halogens is 4. The number of aromatic carboxylic acids is 1. The van der Waals surface area contributed by atoms with E-state index in [0.717, 1.165) is 32.9 Å². The maximum Gasteiger partial charge on any atom is 0.359 e. The smallest absolute Gasteiger partial charge is 0.359 e. The fourth-order valence-electron chi connectivity index (χ4n) is 5.65. The van der Waals surface area contributed by atoms with Crippen LogP contribution in [0.2, 0.25) is 20.4 Å². The highest BCUT2D eigenvalue weighted by atomic mass is 35.5. The first-order valence-corrected chi connectivity index (χ1v) is 16.5. The number of esters is 1. The van der Waals surface area contributed by atoms with Crippen molar-refractivity contribution in [3.63, 3.8) is 0 Å². The molecule has 0 fully saturated rings. The lowest BCUT2D eigenvalue weighted by Crippen LogP contribution is -2.06. The van der Waals surface area contributed by atoms with Gasteiger partial charge in [-0.2, -0.15) is 10.2 Å². The number of carboxylic acids is 1. The third kappa shape index (κ3) is 7.86. The average molecular weight is 793 g/mol. The third-order valence-electron chi connectivity index (χ3n) is 7.91. The Balaban J connectivity index is 0.000000197. The first-order chi connectivity index (χ1) is 24.6. The van der Waals surface area contributed by atoms with Gasteiger partial charge in [0.1, 0.15) is 10.3 Å². The number of methoxy groups -OCH3 is 1. The van der Waals surface area contributed by atoms with Gasteiger partial charge in [0, 0.05) is 35.6 Å². The number of carbonyl (C=O) groups is 2. The molecule has 0 bridgehead atoms. The molecule has 0 atom stereocenters. The van der Waals surface area contributed by atoms with Crippen molar-refractivity contribution in [1.82, 2.24) is 39.5 Å². The van der Waals surface area contributed by atoms with E-state index >= 15 is 0 Å². The number of hydrogen-bond donors (Lipinski definition) is 1. The van der Waals surface area contributed by atoms with Gasteiger partial charge >= 0.3 is 11.9 Å². The van der Waals surface area contributed by atoms with E-state index in [1.807, 2.05) is 48.5 Å². The molecule has 2 aromatic carbocycles. The monoisotopic (exact) mass is 790 g/mol. The Morgan fingerprint density at radius 2 is 1.11 bits per heavy atom. The van der Waals surface area contributed by atoms with Crippen molar-refractivity contribution in [2.24, 2.45) is 0 Å². The van der Waals surface area contributed by atoms with E-state index < -0.39 is 11.9 Å². The summed E-state index contributed by atoms with van der Waals surface area (Å²) in [6.07, 6.45) is 6.31. The van der Waals surface area contributed by atoms with Crippen LogP contribution in [-0.2, 0) is 17.8 Å². The number of hydrogen-bond acceptors (Lipinski definition) is 9. The number of benzene rings is 2. The fourth-order valence-corrected chi connectivity index (χ4v) is 6.47. The van der Waals surface area contributed by atoms with Crippen LogP contribution < -0.4 is 0 Å². The second-order valence-corrected chi connectivity index (χ2v) is 12.8.